The number of carboxylic acids is 1. The summed E-state index contributed by atoms with van der Waals surface area (Å²) in [5, 5.41) is 11.3. The standard InChI is InChI=1S/C10H18N2O3.2C2H6/c1-6(2)9(13)12-8(10(14)15)5-4-7(3)11;2*1-2/h6,8H,3-5,11H2,1-2H3,(H,12,13)(H,14,15);2*1-2H3/t8-;;/m0../s1. The predicted molar refractivity (Wildman–Crippen MR) is 79.7 cm³/mol. The Balaban J connectivity index is -0.000000579. The van der Waals surface area contributed by atoms with Gasteiger partial charge in [-0.2, -0.15) is 0 Å². The minimum atomic E-state index is -1.05. The average Bonchev–Trinajstić information content (AvgIpc) is 2.38. The lowest BCUT2D eigenvalue weighted by atomic mass is 10.1. The highest BCUT2D eigenvalue weighted by Gasteiger charge is 2.20. The maximum Gasteiger partial charge on any atom is 0.326 e. The highest BCUT2D eigenvalue weighted by atomic mass is 16.4. The van der Waals surface area contributed by atoms with Crippen LogP contribution in [0.25, 0.3) is 0 Å². The SMILES string of the molecule is C=C(N)CC[C@H](NC(=O)C(C)C)C(=O)O.CC.CC. The number of carbonyl (C=O) groups is 2. The molecule has 0 radical (unpaired) electrons. The second-order valence-corrected chi connectivity index (χ2v) is 3.75. The molecule has 0 bridgehead atoms. The Bertz CT molecular complexity index is 263. The molecule has 0 saturated heterocycles. The Hall–Kier alpha value is -1.52. The van der Waals surface area contributed by atoms with Crippen molar-refractivity contribution in [3.05, 3.63) is 12.3 Å². The summed E-state index contributed by atoms with van der Waals surface area (Å²) in [4.78, 5) is 22.1. The number of nitrogens with one attached hydrogen (secondary N) is 1. The molecule has 0 saturated carbocycles. The Labute approximate surface area is 117 Å². The highest BCUT2D eigenvalue weighted by molar-refractivity contribution is 5.84. The summed E-state index contributed by atoms with van der Waals surface area (Å²) >= 11 is 0. The van der Waals surface area contributed by atoms with Gasteiger partial charge < -0.3 is 16.2 Å². The second-order valence-electron chi connectivity index (χ2n) is 3.75. The second kappa shape index (κ2) is 14.5. The summed E-state index contributed by atoms with van der Waals surface area (Å²) in [5.41, 5.74) is 5.75. The van der Waals surface area contributed by atoms with Crippen molar-refractivity contribution in [2.75, 3.05) is 0 Å². The number of amides is 1. The van der Waals surface area contributed by atoms with Gasteiger partial charge >= 0.3 is 5.97 Å². The van der Waals surface area contributed by atoms with E-state index in [0.29, 0.717) is 12.1 Å². The van der Waals surface area contributed by atoms with Crippen LogP contribution in [0.2, 0.25) is 0 Å². The van der Waals surface area contributed by atoms with Crippen molar-refractivity contribution < 1.29 is 14.7 Å². The van der Waals surface area contributed by atoms with Crippen molar-refractivity contribution in [3.8, 4) is 0 Å². The van der Waals surface area contributed by atoms with E-state index in [9.17, 15) is 9.59 Å². The summed E-state index contributed by atoms with van der Waals surface area (Å²) in [6, 6.07) is -0.889. The fraction of sp³-hybridized carbons (Fsp3) is 0.714. The van der Waals surface area contributed by atoms with Crippen molar-refractivity contribution in [1.29, 1.82) is 0 Å². The predicted octanol–water partition coefficient (Wildman–Crippen LogP) is 2.52. The fourth-order valence-electron chi connectivity index (χ4n) is 0.926. The molecule has 0 rings (SSSR count). The normalized spacial score (nSPS) is 10.3. The van der Waals surface area contributed by atoms with E-state index in [4.69, 9.17) is 10.8 Å². The van der Waals surface area contributed by atoms with Crippen LogP contribution in [0.3, 0.4) is 0 Å². The molecule has 5 nitrogen and oxygen atoms in total. The first-order valence-corrected chi connectivity index (χ1v) is 6.81. The molecule has 0 aromatic rings. The van der Waals surface area contributed by atoms with E-state index in [-0.39, 0.29) is 18.2 Å². The Kier molecular flexibility index (Phi) is 17.3. The summed E-state index contributed by atoms with van der Waals surface area (Å²) in [5.74, 6) is -1.55. The molecule has 19 heavy (non-hydrogen) atoms. The van der Waals surface area contributed by atoms with Gasteiger partial charge in [-0.05, 0) is 12.8 Å². The van der Waals surface area contributed by atoms with E-state index in [1.54, 1.807) is 13.8 Å². The number of rotatable bonds is 6. The molecule has 1 amide bonds. The van der Waals surface area contributed by atoms with E-state index in [2.05, 4.69) is 11.9 Å². The molecule has 0 heterocycles. The van der Waals surface area contributed by atoms with Gasteiger partial charge in [0.15, 0.2) is 0 Å². The largest absolute Gasteiger partial charge is 0.480 e. The van der Waals surface area contributed by atoms with E-state index in [1.807, 2.05) is 27.7 Å². The molecule has 0 spiro atoms. The molecule has 0 aromatic heterocycles. The molecule has 5 heteroatoms. The van der Waals surface area contributed by atoms with Gasteiger partial charge in [0, 0.05) is 11.6 Å². The first kappa shape index (κ1) is 22.6. The van der Waals surface area contributed by atoms with Crippen LogP contribution in [-0.2, 0) is 9.59 Å². The maximum atomic E-state index is 11.3. The van der Waals surface area contributed by atoms with Crippen molar-refractivity contribution in [1.82, 2.24) is 5.32 Å². The lowest BCUT2D eigenvalue weighted by molar-refractivity contribution is -0.142. The van der Waals surface area contributed by atoms with Gasteiger partial charge in [-0.3, -0.25) is 4.79 Å². The number of aliphatic carboxylic acids is 1. The van der Waals surface area contributed by atoms with Crippen LogP contribution in [0.15, 0.2) is 12.3 Å². The molecule has 4 N–H and O–H groups in total. The van der Waals surface area contributed by atoms with Gasteiger partial charge in [-0.25, -0.2) is 4.79 Å². The Morgan fingerprint density at radius 2 is 1.63 bits per heavy atom. The van der Waals surface area contributed by atoms with Crippen LogP contribution in [0.4, 0.5) is 0 Å². The molecular formula is C14H30N2O3. The number of hydrogen-bond donors (Lipinski definition) is 3. The van der Waals surface area contributed by atoms with Crippen LogP contribution >= 0.6 is 0 Å². The first-order chi connectivity index (χ1) is 8.84. The third-order valence-corrected chi connectivity index (χ3v) is 1.89. The topological polar surface area (TPSA) is 92.4 Å². The minimum absolute atomic E-state index is 0.229. The molecule has 0 aromatic carbocycles. The zero-order valence-corrected chi connectivity index (χ0v) is 13.1. The molecular weight excluding hydrogens is 244 g/mol. The third kappa shape index (κ3) is 14.4. The maximum absolute atomic E-state index is 11.3. The van der Waals surface area contributed by atoms with Crippen LogP contribution in [-0.4, -0.2) is 23.0 Å². The Morgan fingerprint density at radius 1 is 1.21 bits per heavy atom. The van der Waals surface area contributed by atoms with Crippen molar-refractivity contribution in [3.63, 3.8) is 0 Å². The smallest absolute Gasteiger partial charge is 0.326 e. The summed E-state index contributed by atoms with van der Waals surface area (Å²) in [7, 11) is 0. The van der Waals surface area contributed by atoms with E-state index in [1.165, 1.54) is 0 Å². The van der Waals surface area contributed by atoms with Crippen molar-refractivity contribution >= 4 is 11.9 Å². The van der Waals surface area contributed by atoms with Gasteiger partial charge in [0.05, 0.1) is 0 Å². The Morgan fingerprint density at radius 3 is 1.89 bits per heavy atom. The third-order valence-electron chi connectivity index (χ3n) is 1.89. The minimum Gasteiger partial charge on any atom is -0.480 e. The number of allylic oxidation sites excluding steroid dienone is 1. The average molecular weight is 274 g/mol. The zero-order chi connectivity index (χ0) is 16.0. The van der Waals surface area contributed by atoms with Crippen molar-refractivity contribution in [2.24, 2.45) is 11.7 Å². The van der Waals surface area contributed by atoms with Crippen LogP contribution in [0.5, 0.6) is 0 Å². The van der Waals surface area contributed by atoms with Crippen molar-refractivity contribution in [2.45, 2.75) is 60.4 Å². The molecule has 114 valence electrons. The van der Waals surface area contributed by atoms with Gasteiger partial charge in [-0.1, -0.05) is 48.1 Å². The van der Waals surface area contributed by atoms with Gasteiger partial charge in [0.25, 0.3) is 0 Å². The lowest BCUT2D eigenvalue weighted by Gasteiger charge is -2.15. The first-order valence-electron chi connectivity index (χ1n) is 6.81. The molecule has 0 aliphatic rings. The van der Waals surface area contributed by atoms with E-state index >= 15 is 0 Å². The fourth-order valence-corrected chi connectivity index (χ4v) is 0.926. The molecule has 0 aliphatic carbocycles. The molecule has 0 unspecified atom stereocenters. The number of hydrogen-bond acceptors (Lipinski definition) is 3. The molecule has 1 atom stereocenters. The van der Waals surface area contributed by atoms with Gasteiger partial charge in [-0.15, -0.1) is 0 Å². The van der Waals surface area contributed by atoms with Gasteiger partial charge in [0.1, 0.15) is 6.04 Å². The van der Waals surface area contributed by atoms with E-state index < -0.39 is 12.0 Å². The molecule has 0 fully saturated rings. The van der Waals surface area contributed by atoms with Crippen LogP contribution < -0.4 is 11.1 Å². The van der Waals surface area contributed by atoms with Gasteiger partial charge in [0.2, 0.25) is 5.91 Å². The molecule has 0 aliphatic heterocycles. The number of carbonyl (C=O) groups excluding carboxylic acids is 1. The zero-order valence-electron chi connectivity index (χ0n) is 13.1. The van der Waals surface area contributed by atoms with E-state index in [0.717, 1.165) is 0 Å². The number of nitrogens with two attached hydrogens (primary N) is 1. The summed E-state index contributed by atoms with van der Waals surface area (Å²) in [6.07, 6.45) is 0.651. The van der Waals surface area contributed by atoms with Crippen LogP contribution in [0.1, 0.15) is 54.4 Å². The lowest BCUT2D eigenvalue weighted by Crippen LogP contribution is -2.42. The summed E-state index contributed by atoms with van der Waals surface area (Å²) < 4.78 is 0. The monoisotopic (exact) mass is 274 g/mol. The highest BCUT2D eigenvalue weighted by Crippen LogP contribution is 2.03. The number of carboxylic acid groups (broad SMARTS) is 1. The quantitative estimate of drug-likeness (QED) is 0.694. The summed E-state index contributed by atoms with van der Waals surface area (Å²) in [6.45, 7) is 14.9. The van der Waals surface area contributed by atoms with Crippen LogP contribution in [0, 0.1) is 5.92 Å².